The van der Waals surface area contributed by atoms with Crippen molar-refractivity contribution in [1.29, 1.82) is 0 Å². The summed E-state index contributed by atoms with van der Waals surface area (Å²) in [5.74, 6) is 1.33. The van der Waals surface area contributed by atoms with E-state index in [-0.39, 0.29) is 0 Å². The Hall–Kier alpha value is -2.29. The fraction of sp³-hybridized carbons (Fsp3) is 0.444. The zero-order valence-electron chi connectivity index (χ0n) is 9.57. The van der Waals surface area contributed by atoms with Crippen LogP contribution in [-0.4, -0.2) is 56.9 Å². The molecule has 0 spiro atoms. The van der Waals surface area contributed by atoms with Gasteiger partial charge in [0.2, 0.25) is 11.8 Å². The first-order chi connectivity index (χ1) is 8.84. The molecule has 1 aliphatic rings. The standard InChI is InChI=1S/C9H12N8O/c10-7-6(8-13-15-16-14-8)5-11-9(12-7)17-1-3-18-4-2-17/h5H,1-4H2,(H2,10,11,12)(H,13,14,15,16). The smallest absolute Gasteiger partial charge is 0.227 e. The molecule has 3 rings (SSSR count). The number of morpholine rings is 1. The molecule has 18 heavy (non-hydrogen) atoms. The van der Waals surface area contributed by atoms with E-state index in [9.17, 15) is 0 Å². The molecule has 1 saturated heterocycles. The molecule has 2 aromatic heterocycles. The minimum Gasteiger partial charge on any atom is -0.383 e. The van der Waals surface area contributed by atoms with Crippen molar-refractivity contribution < 1.29 is 4.74 Å². The predicted octanol–water partition coefficient (Wildman–Crippen LogP) is -0.925. The Morgan fingerprint density at radius 1 is 1.33 bits per heavy atom. The van der Waals surface area contributed by atoms with Gasteiger partial charge in [-0.15, -0.1) is 10.2 Å². The molecule has 0 amide bonds. The lowest BCUT2D eigenvalue weighted by atomic mass is 10.3. The van der Waals surface area contributed by atoms with Crippen LogP contribution in [-0.2, 0) is 4.74 Å². The topological polar surface area (TPSA) is 119 Å². The van der Waals surface area contributed by atoms with Crippen molar-refractivity contribution in [2.24, 2.45) is 0 Å². The molecule has 0 aromatic carbocycles. The average Bonchev–Trinajstić information content (AvgIpc) is 2.93. The Bertz CT molecular complexity index is 521. The van der Waals surface area contributed by atoms with Crippen LogP contribution in [0.25, 0.3) is 11.4 Å². The van der Waals surface area contributed by atoms with E-state index in [4.69, 9.17) is 10.5 Å². The number of ether oxygens (including phenoxy) is 1. The van der Waals surface area contributed by atoms with E-state index in [0.717, 1.165) is 13.1 Å². The van der Waals surface area contributed by atoms with Crippen LogP contribution in [0.4, 0.5) is 11.8 Å². The van der Waals surface area contributed by atoms with Gasteiger partial charge in [-0.2, -0.15) is 10.2 Å². The van der Waals surface area contributed by atoms with Crippen molar-refractivity contribution in [1.82, 2.24) is 30.6 Å². The van der Waals surface area contributed by atoms with Gasteiger partial charge < -0.3 is 15.4 Å². The molecule has 0 saturated carbocycles. The number of rotatable bonds is 2. The van der Waals surface area contributed by atoms with E-state index in [0.29, 0.717) is 36.4 Å². The minimum absolute atomic E-state index is 0.341. The van der Waals surface area contributed by atoms with Gasteiger partial charge in [0.25, 0.3) is 0 Å². The molecule has 0 bridgehead atoms. The second-order valence-electron chi connectivity index (χ2n) is 3.80. The van der Waals surface area contributed by atoms with Gasteiger partial charge in [0.05, 0.1) is 18.8 Å². The summed E-state index contributed by atoms with van der Waals surface area (Å²) in [4.78, 5) is 10.6. The Morgan fingerprint density at radius 3 is 2.83 bits per heavy atom. The Labute approximate surface area is 102 Å². The number of nitrogens with two attached hydrogens (primary N) is 1. The van der Waals surface area contributed by atoms with Crippen LogP contribution in [0.3, 0.4) is 0 Å². The van der Waals surface area contributed by atoms with Crippen molar-refractivity contribution in [3.63, 3.8) is 0 Å². The largest absolute Gasteiger partial charge is 0.383 e. The van der Waals surface area contributed by atoms with Gasteiger partial charge in [-0.1, -0.05) is 0 Å². The van der Waals surface area contributed by atoms with Crippen LogP contribution in [0.1, 0.15) is 0 Å². The molecule has 9 heteroatoms. The van der Waals surface area contributed by atoms with Crippen LogP contribution in [0.2, 0.25) is 0 Å². The van der Waals surface area contributed by atoms with E-state index >= 15 is 0 Å². The highest BCUT2D eigenvalue weighted by Gasteiger charge is 2.16. The van der Waals surface area contributed by atoms with Gasteiger partial charge in [0.15, 0.2) is 0 Å². The maximum Gasteiger partial charge on any atom is 0.227 e. The van der Waals surface area contributed by atoms with Gasteiger partial charge in [-0.3, -0.25) is 0 Å². The summed E-state index contributed by atoms with van der Waals surface area (Å²) in [5, 5.41) is 13.5. The Morgan fingerprint density at radius 2 is 2.17 bits per heavy atom. The fourth-order valence-corrected chi connectivity index (χ4v) is 1.75. The zero-order chi connectivity index (χ0) is 12.4. The maximum absolute atomic E-state index is 5.89. The van der Waals surface area contributed by atoms with E-state index in [2.05, 4.69) is 30.6 Å². The number of anilines is 2. The molecular weight excluding hydrogens is 236 g/mol. The second-order valence-corrected chi connectivity index (χ2v) is 3.80. The van der Waals surface area contributed by atoms with E-state index < -0.39 is 0 Å². The van der Waals surface area contributed by atoms with Crippen molar-refractivity contribution in [3.8, 4) is 11.4 Å². The molecule has 0 atom stereocenters. The fourth-order valence-electron chi connectivity index (χ4n) is 1.75. The molecule has 0 radical (unpaired) electrons. The highest BCUT2D eigenvalue weighted by Crippen LogP contribution is 2.21. The van der Waals surface area contributed by atoms with Crippen molar-refractivity contribution in [2.45, 2.75) is 0 Å². The Balaban J connectivity index is 1.89. The summed E-state index contributed by atoms with van der Waals surface area (Å²) < 4.78 is 5.27. The van der Waals surface area contributed by atoms with Crippen LogP contribution < -0.4 is 10.6 Å². The van der Waals surface area contributed by atoms with Crippen LogP contribution in [0, 0.1) is 0 Å². The number of tetrazole rings is 1. The molecule has 2 aromatic rings. The summed E-state index contributed by atoms with van der Waals surface area (Å²) in [6.07, 6.45) is 1.61. The second kappa shape index (κ2) is 4.53. The summed E-state index contributed by atoms with van der Waals surface area (Å²) in [6, 6.07) is 0. The van der Waals surface area contributed by atoms with Gasteiger partial charge in [0, 0.05) is 19.3 Å². The third kappa shape index (κ3) is 1.95. The maximum atomic E-state index is 5.89. The quantitative estimate of drug-likeness (QED) is 0.700. The van der Waals surface area contributed by atoms with Crippen molar-refractivity contribution in [3.05, 3.63) is 6.20 Å². The van der Waals surface area contributed by atoms with Gasteiger partial charge in [-0.05, 0) is 5.21 Å². The first-order valence-corrected chi connectivity index (χ1v) is 5.53. The lowest BCUT2D eigenvalue weighted by molar-refractivity contribution is 0.122. The molecular formula is C9H12N8O. The van der Waals surface area contributed by atoms with E-state index in [1.807, 2.05) is 4.90 Å². The lowest BCUT2D eigenvalue weighted by Crippen LogP contribution is -2.37. The van der Waals surface area contributed by atoms with Crippen LogP contribution in [0.15, 0.2) is 6.20 Å². The number of H-pyrrole nitrogens is 1. The third-order valence-electron chi connectivity index (χ3n) is 2.69. The monoisotopic (exact) mass is 248 g/mol. The molecule has 0 aliphatic carbocycles. The molecule has 9 nitrogen and oxygen atoms in total. The number of hydrogen-bond acceptors (Lipinski definition) is 8. The van der Waals surface area contributed by atoms with Crippen LogP contribution >= 0.6 is 0 Å². The zero-order valence-corrected chi connectivity index (χ0v) is 9.57. The normalized spacial score (nSPS) is 15.9. The number of nitrogens with zero attached hydrogens (tertiary/aromatic N) is 6. The lowest BCUT2D eigenvalue weighted by Gasteiger charge is -2.26. The predicted molar refractivity (Wildman–Crippen MR) is 62.6 cm³/mol. The van der Waals surface area contributed by atoms with Crippen LogP contribution in [0.5, 0.6) is 0 Å². The molecule has 3 N–H and O–H groups in total. The van der Waals surface area contributed by atoms with Crippen molar-refractivity contribution >= 4 is 11.8 Å². The van der Waals surface area contributed by atoms with Gasteiger partial charge in [-0.25, -0.2) is 4.98 Å². The summed E-state index contributed by atoms with van der Waals surface area (Å²) in [6.45, 7) is 2.88. The number of nitrogens with one attached hydrogen (secondary N) is 1. The SMILES string of the molecule is Nc1nc(N2CCOCC2)ncc1-c1nn[nH]n1. The summed E-state index contributed by atoms with van der Waals surface area (Å²) in [7, 11) is 0. The average molecular weight is 248 g/mol. The summed E-state index contributed by atoms with van der Waals surface area (Å²) in [5.41, 5.74) is 6.46. The highest BCUT2D eigenvalue weighted by molar-refractivity contribution is 5.67. The highest BCUT2D eigenvalue weighted by atomic mass is 16.5. The molecule has 94 valence electrons. The van der Waals surface area contributed by atoms with E-state index in [1.54, 1.807) is 6.20 Å². The first kappa shape index (κ1) is 10.8. The van der Waals surface area contributed by atoms with E-state index in [1.165, 1.54) is 0 Å². The third-order valence-corrected chi connectivity index (χ3v) is 2.69. The molecule has 1 fully saturated rings. The molecule has 3 heterocycles. The number of aromatic amines is 1. The number of nitrogen functional groups attached to an aromatic ring is 1. The van der Waals surface area contributed by atoms with Gasteiger partial charge in [0.1, 0.15) is 5.82 Å². The van der Waals surface area contributed by atoms with Gasteiger partial charge >= 0.3 is 0 Å². The molecule has 0 unspecified atom stereocenters. The number of aromatic nitrogens is 6. The minimum atomic E-state index is 0.341. The molecule has 1 aliphatic heterocycles. The van der Waals surface area contributed by atoms with Crippen molar-refractivity contribution in [2.75, 3.05) is 36.9 Å². The number of hydrogen-bond donors (Lipinski definition) is 2. The first-order valence-electron chi connectivity index (χ1n) is 5.53. The Kier molecular flexibility index (Phi) is 2.73. The summed E-state index contributed by atoms with van der Waals surface area (Å²) >= 11 is 0.